The van der Waals surface area contributed by atoms with E-state index in [2.05, 4.69) is 25.9 Å². The van der Waals surface area contributed by atoms with Gasteiger partial charge in [0, 0.05) is 22.3 Å². The molecule has 4 heteroatoms. The number of hydrogen-bond acceptors (Lipinski definition) is 3. The average molecular weight is 314 g/mol. The lowest BCUT2D eigenvalue weighted by molar-refractivity contribution is 0.829. The van der Waals surface area contributed by atoms with Crippen molar-refractivity contribution >= 4 is 26.8 Å². The lowest BCUT2D eigenvalue weighted by Gasteiger charge is -2.12. The molecule has 0 saturated heterocycles. The number of rotatable bonds is 2. The van der Waals surface area contributed by atoms with Crippen molar-refractivity contribution in [1.29, 1.82) is 0 Å². The molecule has 0 spiro atoms. The lowest BCUT2D eigenvalue weighted by atomic mass is 10.0. The third-order valence-corrected chi connectivity index (χ3v) is 3.53. The van der Waals surface area contributed by atoms with Gasteiger partial charge < -0.3 is 5.73 Å². The Kier molecular flexibility index (Phi) is 3.27. The fourth-order valence-corrected chi connectivity index (χ4v) is 2.25. The summed E-state index contributed by atoms with van der Waals surface area (Å²) in [6.07, 6.45) is 3.55. The predicted octanol–water partition coefficient (Wildman–Crippen LogP) is 3.44. The highest BCUT2D eigenvalue weighted by Crippen LogP contribution is 2.22. The Labute approximate surface area is 119 Å². The Bertz CT molecular complexity index is 710. The molecule has 0 aliphatic rings. The molecule has 0 amide bonds. The zero-order chi connectivity index (χ0) is 13.2. The van der Waals surface area contributed by atoms with Crippen LogP contribution < -0.4 is 5.73 Å². The zero-order valence-corrected chi connectivity index (χ0v) is 11.7. The SMILES string of the molecule is NC(c1ccc2cccnc2c1)c1ccc(Br)cn1. The van der Waals surface area contributed by atoms with Crippen LogP contribution in [-0.2, 0) is 0 Å². The lowest BCUT2D eigenvalue weighted by Crippen LogP contribution is -2.13. The molecule has 3 nitrogen and oxygen atoms in total. The quantitative estimate of drug-likeness (QED) is 0.788. The normalized spacial score (nSPS) is 12.5. The van der Waals surface area contributed by atoms with Crippen LogP contribution in [0.4, 0.5) is 0 Å². The molecule has 2 N–H and O–H groups in total. The molecule has 1 atom stereocenters. The van der Waals surface area contributed by atoms with Gasteiger partial charge in [-0.05, 0) is 45.8 Å². The van der Waals surface area contributed by atoms with Crippen LogP contribution in [0.1, 0.15) is 17.3 Å². The number of halogens is 1. The van der Waals surface area contributed by atoms with E-state index >= 15 is 0 Å². The third-order valence-electron chi connectivity index (χ3n) is 3.06. The maximum Gasteiger partial charge on any atom is 0.0727 e. The topological polar surface area (TPSA) is 51.8 Å². The molecular formula is C15H12BrN3. The van der Waals surface area contributed by atoms with Crippen LogP contribution >= 0.6 is 15.9 Å². The summed E-state index contributed by atoms with van der Waals surface area (Å²) in [5.74, 6) is 0. The number of aromatic nitrogens is 2. The van der Waals surface area contributed by atoms with Gasteiger partial charge in [0.05, 0.1) is 17.3 Å². The molecule has 3 aromatic rings. The van der Waals surface area contributed by atoms with E-state index in [9.17, 15) is 0 Å². The zero-order valence-electron chi connectivity index (χ0n) is 10.1. The van der Waals surface area contributed by atoms with Crippen molar-refractivity contribution in [2.75, 3.05) is 0 Å². The minimum absolute atomic E-state index is 0.237. The second-order valence-electron chi connectivity index (χ2n) is 4.33. The summed E-state index contributed by atoms with van der Waals surface area (Å²) < 4.78 is 0.948. The molecule has 19 heavy (non-hydrogen) atoms. The van der Waals surface area contributed by atoms with Crippen molar-refractivity contribution in [3.8, 4) is 0 Å². The van der Waals surface area contributed by atoms with Gasteiger partial charge in [-0.15, -0.1) is 0 Å². The Morgan fingerprint density at radius 1 is 1.05 bits per heavy atom. The molecule has 1 unspecified atom stereocenters. The molecule has 0 radical (unpaired) electrons. The van der Waals surface area contributed by atoms with E-state index < -0.39 is 0 Å². The minimum atomic E-state index is -0.237. The monoisotopic (exact) mass is 313 g/mol. The van der Waals surface area contributed by atoms with E-state index in [1.165, 1.54) is 0 Å². The Morgan fingerprint density at radius 3 is 2.74 bits per heavy atom. The summed E-state index contributed by atoms with van der Waals surface area (Å²) >= 11 is 3.37. The third kappa shape index (κ3) is 2.50. The Hall–Kier alpha value is -1.78. The van der Waals surface area contributed by atoms with Gasteiger partial charge in [0.15, 0.2) is 0 Å². The highest BCUT2D eigenvalue weighted by molar-refractivity contribution is 9.10. The van der Waals surface area contributed by atoms with E-state index in [1.807, 2.05) is 42.5 Å². The largest absolute Gasteiger partial charge is 0.319 e. The molecule has 94 valence electrons. The number of nitrogens with two attached hydrogens (primary N) is 1. The molecule has 0 aliphatic heterocycles. The standard InChI is InChI=1S/C15H12BrN3/c16-12-5-6-13(19-9-12)15(17)11-4-3-10-2-1-7-18-14(10)8-11/h1-9,15H,17H2. The van der Waals surface area contributed by atoms with Crippen molar-refractivity contribution in [3.63, 3.8) is 0 Å². The Morgan fingerprint density at radius 2 is 1.95 bits per heavy atom. The smallest absolute Gasteiger partial charge is 0.0727 e. The number of benzene rings is 1. The first-order valence-corrected chi connectivity index (χ1v) is 6.75. The first-order valence-electron chi connectivity index (χ1n) is 5.96. The molecule has 0 aliphatic carbocycles. The maximum atomic E-state index is 6.25. The molecule has 3 rings (SSSR count). The van der Waals surface area contributed by atoms with Crippen LogP contribution in [0.5, 0.6) is 0 Å². The van der Waals surface area contributed by atoms with Crippen molar-refractivity contribution in [2.24, 2.45) is 5.73 Å². The number of fused-ring (bicyclic) bond motifs is 1. The first kappa shape index (κ1) is 12.3. The van der Waals surface area contributed by atoms with Crippen molar-refractivity contribution in [2.45, 2.75) is 6.04 Å². The fourth-order valence-electron chi connectivity index (χ4n) is 2.02. The predicted molar refractivity (Wildman–Crippen MR) is 79.7 cm³/mol. The minimum Gasteiger partial charge on any atom is -0.319 e. The number of hydrogen-bond donors (Lipinski definition) is 1. The van der Waals surface area contributed by atoms with Crippen molar-refractivity contribution in [3.05, 3.63) is 70.6 Å². The van der Waals surface area contributed by atoms with E-state index in [1.54, 1.807) is 12.4 Å². The van der Waals surface area contributed by atoms with Gasteiger partial charge in [-0.3, -0.25) is 9.97 Å². The molecule has 0 saturated carbocycles. The summed E-state index contributed by atoms with van der Waals surface area (Å²) in [5.41, 5.74) is 9.06. The summed E-state index contributed by atoms with van der Waals surface area (Å²) in [7, 11) is 0. The molecular weight excluding hydrogens is 302 g/mol. The van der Waals surface area contributed by atoms with Gasteiger partial charge in [0.2, 0.25) is 0 Å². The molecule has 2 heterocycles. The van der Waals surface area contributed by atoms with Crippen LogP contribution in [0.25, 0.3) is 10.9 Å². The number of nitrogens with zero attached hydrogens (tertiary/aromatic N) is 2. The average Bonchev–Trinajstić information content (AvgIpc) is 2.47. The van der Waals surface area contributed by atoms with E-state index in [0.29, 0.717) is 0 Å². The van der Waals surface area contributed by atoms with E-state index in [4.69, 9.17) is 5.73 Å². The van der Waals surface area contributed by atoms with Crippen LogP contribution in [0.15, 0.2) is 59.3 Å². The van der Waals surface area contributed by atoms with Gasteiger partial charge in [-0.1, -0.05) is 18.2 Å². The van der Waals surface area contributed by atoms with Gasteiger partial charge in [-0.25, -0.2) is 0 Å². The summed E-state index contributed by atoms with van der Waals surface area (Å²) in [6.45, 7) is 0. The van der Waals surface area contributed by atoms with Gasteiger partial charge in [-0.2, -0.15) is 0 Å². The summed E-state index contributed by atoms with van der Waals surface area (Å²) in [5, 5.41) is 1.11. The van der Waals surface area contributed by atoms with Crippen LogP contribution in [0.3, 0.4) is 0 Å². The molecule has 2 aromatic heterocycles. The Balaban J connectivity index is 2.01. The maximum absolute atomic E-state index is 6.25. The highest BCUT2D eigenvalue weighted by atomic mass is 79.9. The van der Waals surface area contributed by atoms with Crippen LogP contribution in [0, 0.1) is 0 Å². The van der Waals surface area contributed by atoms with Crippen molar-refractivity contribution < 1.29 is 0 Å². The van der Waals surface area contributed by atoms with Crippen molar-refractivity contribution in [1.82, 2.24) is 9.97 Å². The van der Waals surface area contributed by atoms with E-state index in [0.717, 1.165) is 26.6 Å². The van der Waals surface area contributed by atoms with Crippen LogP contribution in [-0.4, -0.2) is 9.97 Å². The van der Waals surface area contributed by atoms with Gasteiger partial charge in [0.1, 0.15) is 0 Å². The molecule has 0 bridgehead atoms. The first-order chi connectivity index (χ1) is 9.24. The molecule has 1 aromatic carbocycles. The second-order valence-corrected chi connectivity index (χ2v) is 5.25. The van der Waals surface area contributed by atoms with E-state index in [-0.39, 0.29) is 6.04 Å². The van der Waals surface area contributed by atoms with Crippen LogP contribution in [0.2, 0.25) is 0 Å². The molecule has 0 fully saturated rings. The van der Waals surface area contributed by atoms with Gasteiger partial charge in [0.25, 0.3) is 0 Å². The number of pyridine rings is 2. The highest BCUT2D eigenvalue weighted by Gasteiger charge is 2.10. The van der Waals surface area contributed by atoms with Gasteiger partial charge >= 0.3 is 0 Å². The summed E-state index contributed by atoms with van der Waals surface area (Å²) in [6, 6.07) is 13.7. The summed E-state index contributed by atoms with van der Waals surface area (Å²) in [4.78, 5) is 8.69. The fraction of sp³-hybridized carbons (Fsp3) is 0.0667. The second kappa shape index (κ2) is 5.07.